The summed E-state index contributed by atoms with van der Waals surface area (Å²) in [4.78, 5) is 35.7. The second kappa shape index (κ2) is 10.9. The van der Waals surface area contributed by atoms with Crippen LogP contribution in [-0.2, 0) is 4.74 Å². The Balaban J connectivity index is 1.63. The lowest BCUT2D eigenvalue weighted by Crippen LogP contribution is -2.25. The van der Waals surface area contributed by atoms with Crippen LogP contribution in [0, 0.1) is 0 Å². The first-order valence-corrected chi connectivity index (χ1v) is 10.5. The number of ether oxygens (including phenoxy) is 1. The second-order valence-electron chi connectivity index (χ2n) is 6.90. The van der Waals surface area contributed by atoms with E-state index in [0.29, 0.717) is 37.0 Å². The number of carbonyl (C=O) groups is 2. The summed E-state index contributed by atoms with van der Waals surface area (Å²) in [6.45, 7) is 5.44. The predicted octanol–water partition coefficient (Wildman–Crippen LogP) is 3.14. The highest BCUT2D eigenvalue weighted by Gasteiger charge is 2.20. The fourth-order valence-corrected chi connectivity index (χ4v) is 3.31. The number of nitrogens with zero attached hydrogens (tertiary/aromatic N) is 3. The van der Waals surface area contributed by atoms with Crippen LogP contribution in [0.4, 0.5) is 11.6 Å². The molecular formula is C21H26ClN5O3. The molecule has 1 aromatic carbocycles. The Morgan fingerprint density at radius 1 is 1.23 bits per heavy atom. The van der Waals surface area contributed by atoms with E-state index < -0.39 is 5.91 Å². The van der Waals surface area contributed by atoms with Gasteiger partial charge in [-0.3, -0.25) is 9.59 Å². The van der Waals surface area contributed by atoms with E-state index in [1.54, 1.807) is 24.3 Å². The van der Waals surface area contributed by atoms with E-state index in [1.807, 2.05) is 11.8 Å². The van der Waals surface area contributed by atoms with E-state index >= 15 is 0 Å². The zero-order valence-corrected chi connectivity index (χ0v) is 17.7. The minimum absolute atomic E-state index is 0.111. The van der Waals surface area contributed by atoms with Gasteiger partial charge in [-0.05, 0) is 44.4 Å². The molecule has 30 heavy (non-hydrogen) atoms. The largest absolute Gasteiger partial charge is 0.382 e. The van der Waals surface area contributed by atoms with E-state index in [-0.39, 0.29) is 16.6 Å². The molecule has 1 aliphatic heterocycles. The van der Waals surface area contributed by atoms with Crippen LogP contribution < -0.4 is 15.5 Å². The average Bonchev–Trinajstić information content (AvgIpc) is 3.29. The molecule has 0 bridgehead atoms. The van der Waals surface area contributed by atoms with E-state index in [4.69, 9.17) is 16.3 Å². The molecule has 1 saturated heterocycles. The summed E-state index contributed by atoms with van der Waals surface area (Å²) < 4.78 is 5.25. The Hall–Kier alpha value is -2.71. The van der Waals surface area contributed by atoms with Crippen LogP contribution in [0.15, 0.2) is 30.5 Å². The zero-order valence-electron chi connectivity index (χ0n) is 17.0. The molecule has 2 aromatic rings. The van der Waals surface area contributed by atoms with Crippen molar-refractivity contribution in [2.45, 2.75) is 26.2 Å². The molecule has 9 heteroatoms. The molecule has 0 aliphatic carbocycles. The quantitative estimate of drug-likeness (QED) is 0.592. The minimum Gasteiger partial charge on any atom is -0.382 e. The average molecular weight is 432 g/mol. The van der Waals surface area contributed by atoms with E-state index in [1.165, 1.54) is 6.20 Å². The van der Waals surface area contributed by atoms with Crippen LogP contribution in [0.5, 0.6) is 0 Å². The first-order valence-electron chi connectivity index (χ1n) is 10.1. The number of nitrogens with one attached hydrogen (secondary N) is 2. The van der Waals surface area contributed by atoms with Crippen LogP contribution in [0.25, 0.3) is 0 Å². The molecular weight excluding hydrogens is 406 g/mol. The van der Waals surface area contributed by atoms with Gasteiger partial charge >= 0.3 is 0 Å². The Labute approximate surface area is 181 Å². The lowest BCUT2D eigenvalue weighted by molar-refractivity contribution is 0.0943. The lowest BCUT2D eigenvalue weighted by Gasteiger charge is -2.16. The van der Waals surface area contributed by atoms with Crippen molar-refractivity contribution in [3.8, 4) is 0 Å². The monoisotopic (exact) mass is 431 g/mol. The van der Waals surface area contributed by atoms with E-state index in [2.05, 4.69) is 20.6 Å². The van der Waals surface area contributed by atoms with Crippen LogP contribution >= 0.6 is 11.6 Å². The molecule has 2 N–H and O–H groups in total. The molecule has 0 unspecified atom stereocenters. The number of rotatable bonds is 9. The zero-order chi connectivity index (χ0) is 21.3. The third kappa shape index (κ3) is 5.90. The molecule has 0 atom stereocenters. The van der Waals surface area contributed by atoms with Gasteiger partial charge in [-0.25, -0.2) is 9.97 Å². The normalized spacial score (nSPS) is 13.3. The maximum atomic E-state index is 12.7. The Morgan fingerprint density at radius 2 is 2.03 bits per heavy atom. The first-order chi connectivity index (χ1) is 14.6. The van der Waals surface area contributed by atoms with Gasteiger partial charge in [0.05, 0.1) is 11.2 Å². The summed E-state index contributed by atoms with van der Waals surface area (Å²) in [5.74, 6) is -0.154. The summed E-state index contributed by atoms with van der Waals surface area (Å²) in [7, 11) is 0. The molecule has 0 radical (unpaired) electrons. The van der Waals surface area contributed by atoms with Crippen LogP contribution in [0.2, 0.25) is 5.02 Å². The minimum atomic E-state index is -0.447. The van der Waals surface area contributed by atoms with Crippen molar-refractivity contribution in [1.29, 1.82) is 0 Å². The summed E-state index contributed by atoms with van der Waals surface area (Å²) in [5, 5.41) is 5.78. The third-order valence-electron chi connectivity index (χ3n) is 4.67. The smallest absolute Gasteiger partial charge is 0.276 e. The van der Waals surface area contributed by atoms with Gasteiger partial charge in [0.15, 0.2) is 5.69 Å². The standard InChI is InChI=1S/C21H26ClN5O3/c1-2-30-12-6-9-23-19(28)15-7-5-8-16(13-15)25-20(29)18-17(22)14-24-21(26-18)27-10-3-4-11-27/h5,7-8,13-14H,2-4,6,9-12H2,1H3,(H,23,28)(H,25,29). The van der Waals surface area contributed by atoms with Gasteiger partial charge in [-0.2, -0.15) is 0 Å². The van der Waals surface area contributed by atoms with Crippen LogP contribution in [0.3, 0.4) is 0 Å². The lowest BCUT2D eigenvalue weighted by atomic mass is 10.2. The molecule has 2 amide bonds. The van der Waals surface area contributed by atoms with Crippen molar-refractivity contribution in [3.63, 3.8) is 0 Å². The van der Waals surface area contributed by atoms with Crippen molar-refractivity contribution in [1.82, 2.24) is 15.3 Å². The van der Waals surface area contributed by atoms with Gasteiger partial charge in [0.1, 0.15) is 0 Å². The van der Waals surface area contributed by atoms with Gasteiger partial charge in [0.25, 0.3) is 11.8 Å². The van der Waals surface area contributed by atoms with Gasteiger partial charge in [-0.1, -0.05) is 17.7 Å². The number of aromatic nitrogens is 2. The maximum Gasteiger partial charge on any atom is 0.276 e. The highest BCUT2D eigenvalue weighted by Crippen LogP contribution is 2.21. The number of hydrogen-bond acceptors (Lipinski definition) is 6. The Kier molecular flexibility index (Phi) is 7.98. The van der Waals surface area contributed by atoms with Crippen molar-refractivity contribution in [2.24, 2.45) is 0 Å². The highest BCUT2D eigenvalue weighted by molar-refractivity contribution is 6.34. The number of benzene rings is 1. The van der Waals surface area contributed by atoms with Gasteiger partial charge in [-0.15, -0.1) is 0 Å². The topological polar surface area (TPSA) is 96.5 Å². The van der Waals surface area contributed by atoms with Crippen molar-refractivity contribution >= 4 is 35.1 Å². The van der Waals surface area contributed by atoms with E-state index in [9.17, 15) is 9.59 Å². The molecule has 1 aromatic heterocycles. The summed E-state index contributed by atoms with van der Waals surface area (Å²) >= 11 is 6.16. The summed E-state index contributed by atoms with van der Waals surface area (Å²) in [5.41, 5.74) is 1.05. The number of halogens is 1. The SMILES string of the molecule is CCOCCCNC(=O)c1cccc(NC(=O)c2nc(N3CCCC3)ncc2Cl)c1. The third-order valence-corrected chi connectivity index (χ3v) is 4.95. The molecule has 0 saturated carbocycles. The molecule has 1 fully saturated rings. The van der Waals surface area contributed by atoms with Gasteiger partial charge in [0.2, 0.25) is 5.95 Å². The fourth-order valence-electron chi connectivity index (χ4n) is 3.14. The van der Waals surface area contributed by atoms with Gasteiger partial charge < -0.3 is 20.3 Å². The molecule has 160 valence electrons. The van der Waals surface area contributed by atoms with Crippen LogP contribution in [-0.4, -0.2) is 54.6 Å². The van der Waals surface area contributed by atoms with E-state index in [0.717, 1.165) is 32.4 Å². The number of hydrogen-bond donors (Lipinski definition) is 2. The van der Waals surface area contributed by atoms with Crippen molar-refractivity contribution in [3.05, 3.63) is 46.7 Å². The highest BCUT2D eigenvalue weighted by atomic mass is 35.5. The summed E-state index contributed by atoms with van der Waals surface area (Å²) in [6, 6.07) is 6.73. The first kappa shape index (κ1) is 22.0. The number of amides is 2. The molecule has 0 spiro atoms. The molecule has 1 aliphatic rings. The Morgan fingerprint density at radius 3 is 2.80 bits per heavy atom. The number of carbonyl (C=O) groups excluding carboxylic acids is 2. The maximum absolute atomic E-state index is 12.7. The predicted molar refractivity (Wildman–Crippen MR) is 116 cm³/mol. The number of anilines is 2. The summed E-state index contributed by atoms with van der Waals surface area (Å²) in [6.07, 6.45) is 4.34. The second-order valence-corrected chi connectivity index (χ2v) is 7.31. The molecule has 3 rings (SSSR count). The molecule has 2 heterocycles. The van der Waals surface area contributed by atoms with Crippen molar-refractivity contribution < 1.29 is 14.3 Å². The Bertz CT molecular complexity index is 887. The molecule has 8 nitrogen and oxygen atoms in total. The fraction of sp³-hybridized carbons (Fsp3) is 0.429. The van der Waals surface area contributed by atoms with Crippen molar-refractivity contribution in [2.75, 3.05) is 43.1 Å². The van der Waals surface area contributed by atoms with Crippen LogP contribution in [0.1, 0.15) is 47.0 Å². The van der Waals surface area contributed by atoms with Gasteiger partial charge in [0, 0.05) is 44.1 Å².